The van der Waals surface area contributed by atoms with Crippen LogP contribution in [0.3, 0.4) is 0 Å². The molecule has 2 aromatic carbocycles. The Bertz CT molecular complexity index is 2350. The van der Waals surface area contributed by atoms with Crippen molar-refractivity contribution in [2.75, 3.05) is 13.1 Å². The first-order chi connectivity index (χ1) is 26.0. The molecule has 2 saturated carbocycles. The van der Waals surface area contributed by atoms with Crippen LogP contribution in [0.4, 0.5) is 4.39 Å². The molecule has 5 aliphatic rings. The lowest BCUT2D eigenvalue weighted by Crippen LogP contribution is -2.41. The molecule has 54 heavy (non-hydrogen) atoms. The molecule has 280 valence electrons. The number of nitriles is 1. The molecule has 7 atom stereocenters. The van der Waals surface area contributed by atoms with Crippen molar-refractivity contribution < 1.29 is 19.0 Å². The number of amides is 1. The number of hydrogen-bond donors (Lipinski definition) is 2. The number of pyridine rings is 1. The average Bonchev–Trinajstić information content (AvgIpc) is 3.58. The van der Waals surface area contributed by atoms with Crippen LogP contribution < -0.4 is 5.32 Å². The second kappa shape index (κ2) is 13.8. The smallest absolute Gasteiger partial charge is 0.226 e. The summed E-state index contributed by atoms with van der Waals surface area (Å²) in [6, 6.07) is 11.3. The molecule has 9 nitrogen and oxygen atoms in total. The molecule has 6 heterocycles. The van der Waals surface area contributed by atoms with Crippen molar-refractivity contribution in [2.45, 2.75) is 95.7 Å². The maximum absolute atomic E-state index is 17.4. The fraction of sp³-hybridized carbons (Fsp3) is 0.463. The lowest BCUT2D eigenvalue weighted by atomic mass is 9.79. The van der Waals surface area contributed by atoms with Gasteiger partial charge in [0.25, 0.3) is 0 Å². The van der Waals surface area contributed by atoms with E-state index in [1.54, 1.807) is 25.1 Å². The molecule has 0 spiro atoms. The molecule has 2 N–H and O–H groups in total. The summed E-state index contributed by atoms with van der Waals surface area (Å²) in [6.45, 7) is 7.04. The zero-order valence-corrected chi connectivity index (χ0v) is 32.6. The van der Waals surface area contributed by atoms with Crippen LogP contribution in [0.5, 0.6) is 0 Å². The van der Waals surface area contributed by atoms with Crippen molar-refractivity contribution in [3.63, 3.8) is 0 Å². The number of fused-ring (bicyclic) bond motifs is 4. The summed E-state index contributed by atoms with van der Waals surface area (Å²) in [5.41, 5.74) is 5.50. The van der Waals surface area contributed by atoms with Crippen molar-refractivity contribution in [1.29, 1.82) is 5.26 Å². The highest BCUT2D eigenvalue weighted by atomic mass is 35.5. The molecule has 10 rings (SSSR count). The number of hydrogen-bond acceptors (Lipinski definition) is 8. The Morgan fingerprint density at radius 2 is 2.02 bits per heavy atom. The van der Waals surface area contributed by atoms with Gasteiger partial charge in [-0.3, -0.25) is 4.79 Å². The highest BCUT2D eigenvalue weighted by Crippen LogP contribution is 2.52. The summed E-state index contributed by atoms with van der Waals surface area (Å²) in [5.74, 6) is -0.0816. The highest BCUT2D eigenvalue weighted by molar-refractivity contribution is 7.03. The van der Waals surface area contributed by atoms with Crippen LogP contribution in [0.2, 0.25) is 10.0 Å². The Morgan fingerprint density at radius 1 is 1.20 bits per heavy atom. The van der Waals surface area contributed by atoms with E-state index in [0.717, 1.165) is 53.7 Å². The van der Waals surface area contributed by atoms with Gasteiger partial charge in [0.2, 0.25) is 5.91 Å². The van der Waals surface area contributed by atoms with Gasteiger partial charge >= 0.3 is 0 Å². The molecule has 1 amide bonds. The predicted molar refractivity (Wildman–Crippen MR) is 208 cm³/mol. The number of benzene rings is 2. The van der Waals surface area contributed by atoms with Gasteiger partial charge in [-0.05, 0) is 93.2 Å². The quantitative estimate of drug-likeness (QED) is 0.145. The average molecular weight is 788 g/mol. The van der Waals surface area contributed by atoms with Crippen LogP contribution in [0, 0.1) is 35.9 Å². The van der Waals surface area contributed by atoms with Gasteiger partial charge in [0, 0.05) is 70.9 Å². The Morgan fingerprint density at radius 3 is 2.69 bits per heavy atom. The zero-order chi connectivity index (χ0) is 37.6. The van der Waals surface area contributed by atoms with Crippen LogP contribution in [0.1, 0.15) is 98.5 Å². The minimum atomic E-state index is -1.02. The minimum Gasteiger partial charge on any atom is -0.387 e. The molecule has 2 aliphatic carbocycles. The van der Waals surface area contributed by atoms with E-state index < -0.39 is 11.9 Å². The first-order valence-electron chi connectivity index (χ1n) is 18.8. The Balaban J connectivity index is 1.27. The Labute approximate surface area is 327 Å². The summed E-state index contributed by atoms with van der Waals surface area (Å²) in [4.78, 5) is 21.0. The second-order valence-electron chi connectivity index (χ2n) is 15.6. The number of nitrogens with one attached hydrogen (secondary N) is 1. The SMILES string of the molecule is Cc1csnc1C(C)OC1CC(c2cc3c(C(C)O)nc4c(F)c(-c5cccc(Cl)c5Cl)c(CCC#N)cc4c3n2C2C3CNC2C3)N(C(=O)C2CC2)C1. The van der Waals surface area contributed by atoms with Gasteiger partial charge in [0.05, 0.1) is 63.4 Å². The third-order valence-corrected chi connectivity index (χ3v) is 13.6. The van der Waals surface area contributed by atoms with Crippen LogP contribution in [0.25, 0.3) is 32.9 Å². The van der Waals surface area contributed by atoms with Crippen LogP contribution in [-0.4, -0.2) is 55.1 Å². The molecule has 13 heteroatoms. The van der Waals surface area contributed by atoms with Crippen molar-refractivity contribution >= 4 is 62.4 Å². The van der Waals surface area contributed by atoms with E-state index in [1.165, 1.54) is 11.5 Å². The number of aromatic nitrogens is 3. The van der Waals surface area contributed by atoms with Crippen LogP contribution in [0.15, 0.2) is 35.7 Å². The maximum Gasteiger partial charge on any atom is 0.226 e. The van der Waals surface area contributed by atoms with E-state index in [9.17, 15) is 15.2 Å². The van der Waals surface area contributed by atoms with Gasteiger partial charge in [0.1, 0.15) is 5.52 Å². The van der Waals surface area contributed by atoms with Gasteiger partial charge < -0.3 is 24.6 Å². The number of nitrogens with zero attached hydrogens (tertiary/aromatic N) is 5. The highest BCUT2D eigenvalue weighted by Gasteiger charge is 2.51. The molecule has 3 aromatic heterocycles. The molecule has 5 aromatic rings. The molecule has 3 aliphatic heterocycles. The monoisotopic (exact) mass is 786 g/mol. The molecule has 3 saturated heterocycles. The first kappa shape index (κ1) is 36.0. The standard InChI is InChI=1S/C41H41Cl2FN6O3S/c1-19-18-54-48-36(19)21(3)53-25-14-31(49(17-25)41(52)22-9-10-22)32-15-28-37(20(2)51)47-38-27(40(28)50(32)39-24-13-30(39)46-16-24)12-23(6-5-11-45)33(35(38)44)26-7-4-8-29(42)34(26)43/h4,7-8,12,15,18,20-22,24-25,30-31,39,46,51H,5-6,9-10,13-14,16-17H2,1-3H3. The number of likely N-dealkylation sites (tertiary alicyclic amines) is 1. The lowest BCUT2D eigenvalue weighted by Gasteiger charge is -2.39. The van der Waals surface area contributed by atoms with Crippen molar-refractivity contribution in [3.8, 4) is 17.2 Å². The van der Waals surface area contributed by atoms with Gasteiger partial charge in [-0.25, -0.2) is 9.37 Å². The number of aliphatic hydroxyl groups is 1. The third kappa shape index (κ3) is 5.84. The van der Waals surface area contributed by atoms with E-state index in [0.29, 0.717) is 46.1 Å². The molecule has 2 bridgehead atoms. The summed E-state index contributed by atoms with van der Waals surface area (Å²) in [5, 5.41) is 28.5. The molecule has 0 radical (unpaired) electrons. The van der Waals surface area contributed by atoms with Crippen molar-refractivity contribution in [2.24, 2.45) is 11.8 Å². The summed E-state index contributed by atoms with van der Waals surface area (Å²) in [6.07, 6.45) is 2.37. The zero-order valence-electron chi connectivity index (χ0n) is 30.3. The van der Waals surface area contributed by atoms with E-state index in [4.69, 9.17) is 32.9 Å². The number of carbonyl (C=O) groups excluding carboxylic acids is 1. The predicted octanol–water partition coefficient (Wildman–Crippen LogP) is 8.94. The lowest BCUT2D eigenvalue weighted by molar-refractivity contribution is -0.134. The Kier molecular flexibility index (Phi) is 9.23. The number of aryl methyl sites for hydroxylation is 2. The minimum absolute atomic E-state index is 0.00730. The Hall–Kier alpha value is -3.63. The van der Waals surface area contributed by atoms with Crippen LogP contribution >= 0.6 is 34.7 Å². The fourth-order valence-corrected chi connectivity index (χ4v) is 10.4. The number of aliphatic hydroxyl groups excluding tert-OH is 1. The first-order valence-corrected chi connectivity index (χ1v) is 20.4. The number of carbonyl (C=O) groups is 1. The number of rotatable bonds is 10. The van der Waals surface area contributed by atoms with Crippen LogP contribution in [-0.2, 0) is 16.0 Å². The van der Waals surface area contributed by atoms with Gasteiger partial charge in [-0.2, -0.15) is 9.64 Å². The molecule has 7 unspecified atom stereocenters. The second-order valence-corrected chi connectivity index (χ2v) is 17.0. The largest absolute Gasteiger partial charge is 0.387 e. The molecule has 5 fully saturated rings. The summed E-state index contributed by atoms with van der Waals surface area (Å²) >= 11 is 14.6. The van der Waals surface area contributed by atoms with E-state index in [2.05, 4.69) is 26.4 Å². The normalized spacial score (nSPS) is 24.6. The van der Waals surface area contributed by atoms with Gasteiger partial charge in [-0.15, -0.1) is 0 Å². The van der Waals surface area contributed by atoms with Gasteiger partial charge in [-0.1, -0.05) is 35.3 Å². The molecular weight excluding hydrogens is 746 g/mol. The van der Waals surface area contributed by atoms with E-state index in [1.807, 2.05) is 30.2 Å². The molecular formula is C41H41Cl2FN6O3S. The summed E-state index contributed by atoms with van der Waals surface area (Å²) < 4.78 is 31.0. The van der Waals surface area contributed by atoms with Crippen molar-refractivity contribution in [1.82, 2.24) is 24.1 Å². The van der Waals surface area contributed by atoms with Crippen molar-refractivity contribution in [3.05, 3.63) is 79.8 Å². The fourth-order valence-electron chi connectivity index (χ4n) is 9.32. The van der Waals surface area contributed by atoms with E-state index in [-0.39, 0.29) is 71.1 Å². The maximum atomic E-state index is 17.4. The topological polar surface area (TPSA) is 116 Å². The number of ether oxygens (including phenoxy) is 1. The van der Waals surface area contributed by atoms with E-state index >= 15 is 4.39 Å². The van der Waals surface area contributed by atoms with Gasteiger partial charge in [0.15, 0.2) is 5.82 Å². The number of halogens is 3. The summed E-state index contributed by atoms with van der Waals surface area (Å²) in [7, 11) is 0. The third-order valence-electron chi connectivity index (χ3n) is 12.0.